The smallest absolute Gasteiger partial charge is 0.378 e. The summed E-state index contributed by atoms with van der Waals surface area (Å²) < 4.78 is 44.9. The van der Waals surface area contributed by atoms with Crippen LogP contribution in [0.25, 0.3) is 0 Å². The van der Waals surface area contributed by atoms with Crippen molar-refractivity contribution in [3.63, 3.8) is 0 Å². The fourth-order valence-corrected chi connectivity index (χ4v) is 2.59. The van der Waals surface area contributed by atoms with Gasteiger partial charge in [0.1, 0.15) is 6.04 Å². The molecule has 1 fully saturated rings. The largest absolute Gasteiger partial charge is 0.408 e. The van der Waals surface area contributed by atoms with E-state index in [1.807, 2.05) is 5.32 Å². The average molecular weight is 361 g/mol. The maximum Gasteiger partial charge on any atom is 0.408 e. The number of aromatic nitrogens is 2. The van der Waals surface area contributed by atoms with Crippen LogP contribution in [0.15, 0.2) is 6.07 Å². The molecule has 0 saturated carbocycles. The summed E-state index contributed by atoms with van der Waals surface area (Å²) in [7, 11) is 3.39. The predicted octanol–water partition coefficient (Wildman–Crippen LogP) is 2.47. The second kappa shape index (κ2) is 7.85. The minimum absolute atomic E-state index is 0.285. The van der Waals surface area contributed by atoms with Crippen LogP contribution in [0, 0.1) is 6.92 Å². The summed E-state index contributed by atoms with van der Waals surface area (Å²) in [5, 5.41) is 12.2. The number of rotatable bonds is 5. The monoisotopic (exact) mass is 361 g/mol. The highest BCUT2D eigenvalue weighted by atomic mass is 19.4. The van der Waals surface area contributed by atoms with Crippen molar-refractivity contribution in [3.05, 3.63) is 11.8 Å². The molecule has 2 atom stereocenters. The molecular formula is C15H22F3N5O2. The molecule has 2 heterocycles. The number of urea groups is 1. The maximum atomic E-state index is 13.2. The number of nitrogens with zero attached hydrogens (tertiary/aromatic N) is 3. The quantitative estimate of drug-likeness (QED) is 0.842. The van der Waals surface area contributed by atoms with Crippen LogP contribution in [-0.2, 0) is 4.74 Å². The molecule has 0 aromatic carbocycles. The number of aryl methyl sites for hydroxylation is 1. The van der Waals surface area contributed by atoms with Crippen LogP contribution >= 0.6 is 0 Å². The predicted molar refractivity (Wildman–Crippen MR) is 86.7 cm³/mol. The van der Waals surface area contributed by atoms with E-state index < -0.39 is 24.4 Å². The molecule has 1 aliphatic heterocycles. The number of halogens is 3. The van der Waals surface area contributed by atoms with Gasteiger partial charge in [0.15, 0.2) is 5.82 Å². The van der Waals surface area contributed by atoms with Crippen molar-refractivity contribution in [3.8, 4) is 0 Å². The van der Waals surface area contributed by atoms with Gasteiger partial charge in [-0.15, -0.1) is 5.10 Å². The molecule has 140 valence electrons. The Kier molecular flexibility index (Phi) is 6.04. The Morgan fingerprint density at radius 2 is 2.16 bits per heavy atom. The van der Waals surface area contributed by atoms with Crippen molar-refractivity contribution in [1.29, 1.82) is 0 Å². The molecule has 1 saturated heterocycles. The zero-order chi connectivity index (χ0) is 18.6. The first-order chi connectivity index (χ1) is 11.7. The Labute approximate surface area is 143 Å². The third kappa shape index (κ3) is 5.45. The van der Waals surface area contributed by atoms with E-state index in [4.69, 9.17) is 4.74 Å². The van der Waals surface area contributed by atoms with Gasteiger partial charge in [-0.05, 0) is 25.8 Å². The minimum Gasteiger partial charge on any atom is -0.378 e. The molecule has 0 aliphatic carbocycles. The van der Waals surface area contributed by atoms with Crippen molar-refractivity contribution in [2.45, 2.75) is 44.5 Å². The molecule has 1 aromatic heterocycles. The maximum absolute atomic E-state index is 13.2. The normalized spacial score (nSPS) is 18.7. The Bertz CT molecular complexity index is 603. The molecule has 2 amide bonds. The summed E-state index contributed by atoms with van der Waals surface area (Å²) in [6, 6.07) is -1.38. The van der Waals surface area contributed by atoms with Crippen LogP contribution in [0.2, 0.25) is 0 Å². The Morgan fingerprint density at radius 3 is 2.72 bits per heavy atom. The van der Waals surface area contributed by atoms with Gasteiger partial charge < -0.3 is 20.3 Å². The summed E-state index contributed by atoms with van der Waals surface area (Å²) in [5.74, 6) is 0.350. The fourth-order valence-electron chi connectivity index (χ4n) is 2.59. The third-order valence-electron chi connectivity index (χ3n) is 3.79. The summed E-state index contributed by atoms with van der Waals surface area (Å²) in [6.45, 7) is 2.13. The second-order valence-electron chi connectivity index (χ2n) is 6.18. The SMILES string of the molecule is Cc1cc(NC(=O)NC(CC2CCCO2)C(F)(F)F)c(N(C)C)nn1. The van der Waals surface area contributed by atoms with Gasteiger partial charge in [-0.1, -0.05) is 0 Å². The van der Waals surface area contributed by atoms with E-state index in [-0.39, 0.29) is 12.1 Å². The first-order valence-corrected chi connectivity index (χ1v) is 7.94. The van der Waals surface area contributed by atoms with Gasteiger partial charge in [-0.25, -0.2) is 4.79 Å². The minimum atomic E-state index is -4.56. The van der Waals surface area contributed by atoms with Crippen molar-refractivity contribution < 1.29 is 22.7 Å². The summed E-state index contributed by atoms with van der Waals surface area (Å²) in [6.07, 6.45) is -4.05. The van der Waals surface area contributed by atoms with Gasteiger partial charge in [-0.2, -0.15) is 18.3 Å². The molecule has 25 heavy (non-hydrogen) atoms. The highest BCUT2D eigenvalue weighted by molar-refractivity contribution is 5.92. The lowest BCUT2D eigenvalue weighted by Crippen LogP contribution is -2.48. The Morgan fingerprint density at radius 1 is 1.44 bits per heavy atom. The van der Waals surface area contributed by atoms with Crippen LogP contribution in [0.5, 0.6) is 0 Å². The number of hydrogen-bond donors (Lipinski definition) is 2. The molecule has 0 bridgehead atoms. The number of hydrogen-bond acceptors (Lipinski definition) is 5. The van der Waals surface area contributed by atoms with E-state index in [0.29, 0.717) is 24.5 Å². The van der Waals surface area contributed by atoms with Crippen molar-refractivity contribution in [1.82, 2.24) is 15.5 Å². The van der Waals surface area contributed by atoms with E-state index in [1.54, 1.807) is 32.0 Å². The molecular weight excluding hydrogens is 339 g/mol. The Hall–Kier alpha value is -2.10. The molecule has 1 aromatic rings. The number of carbonyl (C=O) groups is 1. The van der Waals surface area contributed by atoms with Gasteiger partial charge in [0.05, 0.1) is 17.5 Å². The van der Waals surface area contributed by atoms with Gasteiger partial charge in [-0.3, -0.25) is 0 Å². The van der Waals surface area contributed by atoms with Crippen LogP contribution in [0.4, 0.5) is 29.5 Å². The molecule has 0 radical (unpaired) electrons. The highest BCUT2D eigenvalue weighted by Crippen LogP contribution is 2.28. The molecule has 7 nitrogen and oxygen atoms in total. The van der Waals surface area contributed by atoms with E-state index >= 15 is 0 Å². The highest BCUT2D eigenvalue weighted by Gasteiger charge is 2.42. The van der Waals surface area contributed by atoms with E-state index in [2.05, 4.69) is 15.5 Å². The zero-order valence-electron chi connectivity index (χ0n) is 14.4. The first kappa shape index (κ1) is 19.2. The second-order valence-corrected chi connectivity index (χ2v) is 6.18. The lowest BCUT2D eigenvalue weighted by Gasteiger charge is -2.24. The zero-order valence-corrected chi connectivity index (χ0v) is 14.4. The number of anilines is 2. The summed E-state index contributed by atoms with van der Waals surface area (Å²) in [4.78, 5) is 13.7. The number of nitrogens with one attached hydrogen (secondary N) is 2. The topological polar surface area (TPSA) is 79.4 Å². The van der Waals surface area contributed by atoms with Crippen LogP contribution in [0.3, 0.4) is 0 Å². The first-order valence-electron chi connectivity index (χ1n) is 7.94. The molecule has 1 aliphatic rings. The van der Waals surface area contributed by atoms with E-state index in [0.717, 1.165) is 6.42 Å². The molecule has 10 heteroatoms. The van der Waals surface area contributed by atoms with Crippen molar-refractivity contribution in [2.75, 3.05) is 30.9 Å². The molecule has 2 rings (SSSR count). The molecule has 0 spiro atoms. The standard InChI is InChI=1S/C15H22F3N5O2/c1-9-7-11(13(22-21-9)23(2)3)19-14(24)20-12(15(16,17)18)8-10-5-4-6-25-10/h7,10,12H,4-6,8H2,1-3H3,(H2,19,20,21,24). The number of amides is 2. The van der Waals surface area contributed by atoms with Crippen molar-refractivity contribution in [2.24, 2.45) is 0 Å². The van der Waals surface area contributed by atoms with Crippen LogP contribution in [0.1, 0.15) is 25.0 Å². The van der Waals surface area contributed by atoms with Gasteiger partial charge >= 0.3 is 12.2 Å². The lowest BCUT2D eigenvalue weighted by atomic mass is 10.1. The summed E-state index contributed by atoms with van der Waals surface area (Å²) >= 11 is 0. The van der Waals surface area contributed by atoms with Crippen molar-refractivity contribution >= 4 is 17.5 Å². The lowest BCUT2D eigenvalue weighted by molar-refractivity contribution is -0.159. The van der Waals surface area contributed by atoms with Gasteiger partial charge in [0.25, 0.3) is 0 Å². The van der Waals surface area contributed by atoms with Crippen LogP contribution in [-0.4, -0.2) is 55.3 Å². The van der Waals surface area contributed by atoms with E-state index in [9.17, 15) is 18.0 Å². The van der Waals surface area contributed by atoms with Crippen LogP contribution < -0.4 is 15.5 Å². The number of alkyl halides is 3. The number of ether oxygens (including phenoxy) is 1. The number of carbonyl (C=O) groups excluding carboxylic acids is 1. The summed E-state index contributed by atoms with van der Waals surface area (Å²) in [5.41, 5.74) is 0.820. The van der Waals surface area contributed by atoms with Gasteiger partial charge in [0, 0.05) is 27.1 Å². The molecule has 2 unspecified atom stereocenters. The molecule has 2 N–H and O–H groups in total. The van der Waals surface area contributed by atoms with Gasteiger partial charge in [0.2, 0.25) is 0 Å². The van der Waals surface area contributed by atoms with E-state index in [1.165, 1.54) is 0 Å². The third-order valence-corrected chi connectivity index (χ3v) is 3.79. The fraction of sp³-hybridized carbons (Fsp3) is 0.667. The average Bonchev–Trinajstić information content (AvgIpc) is 2.98. The Balaban J connectivity index is 2.07.